The van der Waals surface area contributed by atoms with Gasteiger partial charge in [0.05, 0.1) is 12.3 Å². The lowest BCUT2D eigenvalue weighted by atomic mass is 9.95. The van der Waals surface area contributed by atoms with Crippen molar-refractivity contribution in [2.75, 3.05) is 32.8 Å². The van der Waals surface area contributed by atoms with Crippen molar-refractivity contribution in [3.8, 4) is 0 Å². The van der Waals surface area contributed by atoms with Crippen molar-refractivity contribution in [3.63, 3.8) is 0 Å². The van der Waals surface area contributed by atoms with Gasteiger partial charge in [-0.1, -0.05) is 5.16 Å². The Hall–Kier alpha value is -1.40. The number of nitrogens with one attached hydrogen (secondary N) is 1. The van der Waals surface area contributed by atoms with E-state index in [9.17, 15) is 4.79 Å². The number of carbonyl (C=O) groups excluding carboxylic acids is 1. The lowest BCUT2D eigenvalue weighted by Crippen LogP contribution is -2.44. The molecule has 24 heavy (non-hydrogen) atoms. The van der Waals surface area contributed by atoms with Crippen LogP contribution in [-0.2, 0) is 16.0 Å². The lowest BCUT2D eigenvalue weighted by Gasteiger charge is -2.35. The van der Waals surface area contributed by atoms with Gasteiger partial charge >= 0.3 is 0 Å². The maximum atomic E-state index is 12.1. The van der Waals surface area contributed by atoms with Gasteiger partial charge < -0.3 is 14.6 Å². The normalized spacial score (nSPS) is 22.8. The molecule has 2 fully saturated rings. The summed E-state index contributed by atoms with van der Waals surface area (Å²) in [5.74, 6) is 1.55. The highest BCUT2D eigenvalue weighted by Crippen LogP contribution is 2.22. The molecule has 0 aromatic carbocycles. The van der Waals surface area contributed by atoms with Crippen LogP contribution in [0.3, 0.4) is 0 Å². The molecule has 6 nitrogen and oxygen atoms in total. The minimum atomic E-state index is 0.127. The van der Waals surface area contributed by atoms with Gasteiger partial charge in [0.2, 0.25) is 5.91 Å². The molecule has 1 atom stereocenters. The van der Waals surface area contributed by atoms with Crippen molar-refractivity contribution in [3.05, 3.63) is 17.0 Å². The molecular formula is C18H29N3O3. The van der Waals surface area contributed by atoms with Crippen molar-refractivity contribution < 1.29 is 14.1 Å². The fraction of sp³-hybridized carbons (Fsp3) is 0.778. The van der Waals surface area contributed by atoms with E-state index in [4.69, 9.17) is 9.26 Å². The zero-order valence-corrected chi connectivity index (χ0v) is 14.8. The van der Waals surface area contributed by atoms with E-state index in [2.05, 4.69) is 15.4 Å². The molecule has 2 aliphatic rings. The van der Waals surface area contributed by atoms with Crippen LogP contribution in [0.25, 0.3) is 0 Å². The number of amides is 1. The number of carbonyl (C=O) groups is 1. The molecule has 2 aliphatic heterocycles. The zero-order valence-electron chi connectivity index (χ0n) is 14.8. The topological polar surface area (TPSA) is 67.6 Å². The summed E-state index contributed by atoms with van der Waals surface area (Å²) in [7, 11) is 0. The largest absolute Gasteiger partial charge is 0.380 e. The number of aryl methyl sites for hydroxylation is 2. The molecule has 0 saturated carbocycles. The fourth-order valence-electron chi connectivity index (χ4n) is 3.78. The lowest BCUT2D eigenvalue weighted by molar-refractivity contribution is -0.121. The minimum absolute atomic E-state index is 0.127. The van der Waals surface area contributed by atoms with E-state index in [1.165, 1.54) is 19.3 Å². The maximum absolute atomic E-state index is 12.1. The third-order valence-electron chi connectivity index (χ3n) is 5.44. The molecule has 3 rings (SSSR count). The average molecular weight is 335 g/mol. The van der Waals surface area contributed by atoms with Crippen molar-refractivity contribution >= 4 is 5.91 Å². The van der Waals surface area contributed by atoms with Gasteiger partial charge in [0, 0.05) is 31.2 Å². The summed E-state index contributed by atoms with van der Waals surface area (Å²) in [4.78, 5) is 14.6. The second kappa shape index (κ2) is 8.12. The van der Waals surface area contributed by atoms with Gasteiger partial charge in [-0.05, 0) is 58.5 Å². The third kappa shape index (κ3) is 4.36. The van der Waals surface area contributed by atoms with Crippen molar-refractivity contribution in [1.29, 1.82) is 0 Å². The van der Waals surface area contributed by atoms with E-state index in [1.54, 1.807) is 0 Å². The molecule has 1 aromatic heterocycles. The number of likely N-dealkylation sites (tertiary alicyclic amines) is 1. The predicted octanol–water partition coefficient (Wildman–Crippen LogP) is 1.84. The van der Waals surface area contributed by atoms with Gasteiger partial charge in [0.15, 0.2) is 0 Å². The monoisotopic (exact) mass is 335 g/mol. The zero-order chi connectivity index (χ0) is 16.9. The number of ether oxygens (including phenoxy) is 1. The summed E-state index contributed by atoms with van der Waals surface area (Å²) in [6.07, 6.45) is 4.71. The Balaban J connectivity index is 1.33. The Kier molecular flexibility index (Phi) is 5.89. The first-order valence-corrected chi connectivity index (χ1v) is 9.13. The van der Waals surface area contributed by atoms with E-state index in [0.29, 0.717) is 24.8 Å². The maximum Gasteiger partial charge on any atom is 0.220 e. The van der Waals surface area contributed by atoms with Crippen LogP contribution >= 0.6 is 0 Å². The molecule has 3 heterocycles. The average Bonchev–Trinajstić information content (AvgIpc) is 3.23. The summed E-state index contributed by atoms with van der Waals surface area (Å²) in [6, 6.07) is 0.621. The molecule has 1 aromatic rings. The quantitative estimate of drug-likeness (QED) is 0.859. The second-order valence-electron chi connectivity index (χ2n) is 7.10. The first kappa shape index (κ1) is 17.4. The summed E-state index contributed by atoms with van der Waals surface area (Å²) < 4.78 is 10.6. The molecule has 1 N–H and O–H groups in total. The highest BCUT2D eigenvalue weighted by molar-refractivity contribution is 5.76. The first-order chi connectivity index (χ1) is 11.6. The molecule has 134 valence electrons. The summed E-state index contributed by atoms with van der Waals surface area (Å²) >= 11 is 0. The highest BCUT2D eigenvalue weighted by Gasteiger charge is 2.27. The van der Waals surface area contributed by atoms with Crippen LogP contribution in [0.15, 0.2) is 4.52 Å². The Bertz CT molecular complexity index is 524. The van der Waals surface area contributed by atoms with Crippen LogP contribution in [0, 0.1) is 19.8 Å². The molecule has 6 heteroatoms. The van der Waals surface area contributed by atoms with Crippen LogP contribution in [0.4, 0.5) is 0 Å². The molecule has 0 aliphatic carbocycles. The molecule has 0 spiro atoms. The fourth-order valence-corrected chi connectivity index (χ4v) is 3.78. The van der Waals surface area contributed by atoms with E-state index >= 15 is 0 Å². The number of rotatable bonds is 6. The molecule has 1 unspecified atom stereocenters. The Morgan fingerprint density at radius 2 is 2.08 bits per heavy atom. The van der Waals surface area contributed by atoms with Crippen LogP contribution < -0.4 is 5.32 Å². The van der Waals surface area contributed by atoms with Gasteiger partial charge in [-0.15, -0.1) is 0 Å². The SMILES string of the molecule is Cc1noc(C)c1CCC(=O)NCC1CCN(C2CCOC2)CC1. The van der Waals surface area contributed by atoms with Crippen molar-refractivity contribution in [2.24, 2.45) is 5.92 Å². The van der Waals surface area contributed by atoms with E-state index in [1.807, 2.05) is 13.8 Å². The number of piperidine rings is 1. The highest BCUT2D eigenvalue weighted by atomic mass is 16.5. The molecule has 0 bridgehead atoms. The van der Waals surface area contributed by atoms with Crippen molar-refractivity contribution in [1.82, 2.24) is 15.4 Å². The Morgan fingerprint density at radius 1 is 1.29 bits per heavy atom. The number of nitrogens with zero attached hydrogens (tertiary/aromatic N) is 2. The second-order valence-corrected chi connectivity index (χ2v) is 7.10. The third-order valence-corrected chi connectivity index (χ3v) is 5.44. The van der Waals surface area contributed by atoms with Gasteiger partial charge in [-0.3, -0.25) is 9.69 Å². The Labute approximate surface area is 143 Å². The van der Waals surface area contributed by atoms with Gasteiger partial charge in [-0.2, -0.15) is 0 Å². The number of hydrogen-bond donors (Lipinski definition) is 1. The smallest absolute Gasteiger partial charge is 0.220 e. The van der Waals surface area contributed by atoms with Crippen LogP contribution in [0.2, 0.25) is 0 Å². The van der Waals surface area contributed by atoms with Crippen LogP contribution in [-0.4, -0.2) is 54.9 Å². The molecular weight excluding hydrogens is 306 g/mol. The van der Waals surface area contributed by atoms with Crippen molar-refractivity contribution in [2.45, 2.75) is 52.0 Å². The standard InChI is InChI=1S/C18H29N3O3/c1-13-17(14(2)24-20-13)3-4-18(22)19-11-15-5-8-21(9-6-15)16-7-10-23-12-16/h15-16H,3-12H2,1-2H3,(H,19,22). The van der Waals surface area contributed by atoms with Crippen LogP contribution in [0.5, 0.6) is 0 Å². The number of hydrogen-bond acceptors (Lipinski definition) is 5. The minimum Gasteiger partial charge on any atom is -0.380 e. The summed E-state index contributed by atoms with van der Waals surface area (Å²) in [5.41, 5.74) is 1.96. The van der Waals surface area contributed by atoms with E-state index in [0.717, 1.165) is 49.9 Å². The van der Waals surface area contributed by atoms with Crippen LogP contribution in [0.1, 0.15) is 42.7 Å². The summed E-state index contributed by atoms with van der Waals surface area (Å²) in [5, 5.41) is 7.04. The number of aromatic nitrogens is 1. The first-order valence-electron chi connectivity index (χ1n) is 9.13. The molecule has 0 radical (unpaired) electrons. The molecule has 2 saturated heterocycles. The van der Waals surface area contributed by atoms with Gasteiger partial charge in [0.1, 0.15) is 5.76 Å². The summed E-state index contributed by atoms with van der Waals surface area (Å²) in [6.45, 7) is 8.69. The van der Waals surface area contributed by atoms with E-state index < -0.39 is 0 Å². The Morgan fingerprint density at radius 3 is 2.71 bits per heavy atom. The molecule has 1 amide bonds. The van der Waals surface area contributed by atoms with E-state index in [-0.39, 0.29) is 5.91 Å². The van der Waals surface area contributed by atoms with Gasteiger partial charge in [0.25, 0.3) is 0 Å². The predicted molar refractivity (Wildman–Crippen MR) is 90.8 cm³/mol. The van der Waals surface area contributed by atoms with Gasteiger partial charge in [-0.25, -0.2) is 0 Å².